The molecule has 1 saturated heterocycles. The minimum atomic E-state index is 0.417. The molecule has 2 aromatic heterocycles. The third-order valence-electron chi connectivity index (χ3n) is 4.11. The van der Waals surface area contributed by atoms with Crippen LogP contribution in [0.2, 0.25) is 0 Å². The van der Waals surface area contributed by atoms with Gasteiger partial charge < -0.3 is 9.09 Å². The Morgan fingerprint density at radius 1 is 1.35 bits per heavy atom. The summed E-state index contributed by atoms with van der Waals surface area (Å²) < 4.78 is 7.65. The summed E-state index contributed by atoms with van der Waals surface area (Å²) in [6.45, 7) is 7.32. The summed E-state index contributed by atoms with van der Waals surface area (Å²) in [4.78, 5) is 6.78. The van der Waals surface area contributed by atoms with Crippen molar-refractivity contribution in [3.63, 3.8) is 0 Å². The van der Waals surface area contributed by atoms with E-state index in [1.165, 1.54) is 12.8 Å². The van der Waals surface area contributed by atoms with E-state index in [0.717, 1.165) is 43.3 Å². The summed E-state index contributed by atoms with van der Waals surface area (Å²) in [7, 11) is 0. The van der Waals surface area contributed by atoms with Gasteiger partial charge in [0.25, 0.3) is 0 Å². The van der Waals surface area contributed by atoms with Crippen molar-refractivity contribution in [3.05, 3.63) is 35.7 Å². The number of aryl methyl sites for hydroxylation is 3. The summed E-state index contributed by atoms with van der Waals surface area (Å²) >= 11 is 0. The van der Waals surface area contributed by atoms with Crippen LogP contribution in [-0.2, 0) is 6.54 Å². The van der Waals surface area contributed by atoms with Gasteiger partial charge in [-0.05, 0) is 39.7 Å². The molecule has 0 aliphatic carbocycles. The minimum absolute atomic E-state index is 0.417. The Morgan fingerprint density at radius 2 is 2.25 bits per heavy atom. The van der Waals surface area contributed by atoms with E-state index in [2.05, 4.69) is 38.8 Å². The van der Waals surface area contributed by atoms with Gasteiger partial charge in [0.1, 0.15) is 5.82 Å². The van der Waals surface area contributed by atoms with Gasteiger partial charge in [-0.2, -0.15) is 0 Å². The smallest absolute Gasteiger partial charge is 0.154 e. The van der Waals surface area contributed by atoms with Crippen LogP contribution in [0.1, 0.15) is 42.6 Å². The maximum Gasteiger partial charge on any atom is 0.154 e. The van der Waals surface area contributed by atoms with Crippen molar-refractivity contribution >= 4 is 0 Å². The van der Waals surface area contributed by atoms with Crippen molar-refractivity contribution in [3.8, 4) is 0 Å². The standard InChI is InChI=1S/C15H22N4O/c1-12-11-15(20-17-12)14-5-3-7-19(14)9-4-8-18-10-6-16-13(18)2/h6,10-11,14H,3-5,7-9H2,1-2H3/t14-/m0/s1. The molecular weight excluding hydrogens is 252 g/mol. The van der Waals surface area contributed by atoms with Crippen molar-refractivity contribution in [2.45, 2.75) is 45.7 Å². The molecule has 0 bridgehead atoms. The van der Waals surface area contributed by atoms with Crippen LogP contribution in [-0.4, -0.2) is 32.7 Å². The number of rotatable bonds is 5. The highest BCUT2D eigenvalue weighted by Gasteiger charge is 2.28. The summed E-state index contributed by atoms with van der Waals surface area (Å²) in [6.07, 6.45) is 7.48. The fourth-order valence-corrected chi connectivity index (χ4v) is 3.04. The Morgan fingerprint density at radius 3 is 2.95 bits per heavy atom. The first-order valence-electron chi connectivity index (χ1n) is 7.39. The zero-order valence-electron chi connectivity index (χ0n) is 12.2. The average molecular weight is 274 g/mol. The topological polar surface area (TPSA) is 47.1 Å². The van der Waals surface area contributed by atoms with Gasteiger partial charge in [0.15, 0.2) is 5.76 Å². The van der Waals surface area contributed by atoms with Crippen LogP contribution in [0.15, 0.2) is 23.0 Å². The van der Waals surface area contributed by atoms with E-state index < -0.39 is 0 Å². The van der Waals surface area contributed by atoms with E-state index in [1.807, 2.05) is 13.1 Å². The van der Waals surface area contributed by atoms with E-state index in [9.17, 15) is 0 Å². The number of nitrogens with zero attached hydrogens (tertiary/aromatic N) is 4. The second-order valence-electron chi connectivity index (χ2n) is 5.59. The number of likely N-dealkylation sites (tertiary alicyclic amines) is 1. The van der Waals surface area contributed by atoms with E-state index in [0.29, 0.717) is 6.04 Å². The van der Waals surface area contributed by atoms with Crippen molar-refractivity contribution < 1.29 is 4.52 Å². The molecule has 0 unspecified atom stereocenters. The van der Waals surface area contributed by atoms with E-state index in [-0.39, 0.29) is 0 Å². The van der Waals surface area contributed by atoms with Crippen LogP contribution in [0.5, 0.6) is 0 Å². The van der Waals surface area contributed by atoms with Gasteiger partial charge >= 0.3 is 0 Å². The Labute approximate surface area is 119 Å². The molecule has 108 valence electrons. The van der Waals surface area contributed by atoms with Crippen LogP contribution in [0.4, 0.5) is 0 Å². The van der Waals surface area contributed by atoms with Crippen molar-refractivity contribution in [2.24, 2.45) is 0 Å². The molecule has 3 rings (SSSR count). The van der Waals surface area contributed by atoms with E-state index >= 15 is 0 Å². The maximum atomic E-state index is 5.44. The highest BCUT2D eigenvalue weighted by Crippen LogP contribution is 2.32. The molecule has 5 heteroatoms. The summed E-state index contributed by atoms with van der Waals surface area (Å²) in [5.74, 6) is 2.12. The van der Waals surface area contributed by atoms with Crippen LogP contribution < -0.4 is 0 Å². The molecule has 2 aromatic rings. The number of imidazole rings is 1. The minimum Gasteiger partial charge on any atom is -0.359 e. The second kappa shape index (κ2) is 5.79. The summed E-state index contributed by atoms with van der Waals surface area (Å²) in [5, 5.41) is 4.01. The Bertz CT molecular complexity index is 560. The predicted molar refractivity (Wildman–Crippen MR) is 76.4 cm³/mol. The first kappa shape index (κ1) is 13.4. The normalized spacial score (nSPS) is 19.8. The van der Waals surface area contributed by atoms with Gasteiger partial charge in [0.2, 0.25) is 0 Å². The summed E-state index contributed by atoms with van der Waals surface area (Å²) in [5.41, 5.74) is 0.973. The second-order valence-corrected chi connectivity index (χ2v) is 5.59. The Kier molecular flexibility index (Phi) is 3.87. The Balaban J connectivity index is 1.55. The van der Waals surface area contributed by atoms with E-state index in [4.69, 9.17) is 4.52 Å². The van der Waals surface area contributed by atoms with Crippen LogP contribution >= 0.6 is 0 Å². The number of hydrogen-bond donors (Lipinski definition) is 0. The fraction of sp³-hybridized carbons (Fsp3) is 0.600. The SMILES string of the molecule is Cc1cc([C@@H]2CCCN2CCCn2ccnc2C)on1. The van der Waals surface area contributed by atoms with Crippen LogP contribution in [0.25, 0.3) is 0 Å². The molecule has 3 heterocycles. The van der Waals surface area contributed by atoms with Gasteiger partial charge in [0.05, 0.1) is 11.7 Å². The molecule has 0 aromatic carbocycles. The lowest BCUT2D eigenvalue weighted by Crippen LogP contribution is -2.25. The van der Waals surface area contributed by atoms with Crippen molar-refractivity contribution in [1.82, 2.24) is 19.6 Å². The number of aromatic nitrogens is 3. The zero-order chi connectivity index (χ0) is 13.9. The van der Waals surface area contributed by atoms with Crippen molar-refractivity contribution in [1.29, 1.82) is 0 Å². The first-order valence-corrected chi connectivity index (χ1v) is 7.39. The quantitative estimate of drug-likeness (QED) is 0.841. The summed E-state index contributed by atoms with van der Waals surface area (Å²) in [6, 6.07) is 2.49. The average Bonchev–Trinajstić information content (AvgIpc) is 3.12. The monoisotopic (exact) mass is 274 g/mol. The molecule has 20 heavy (non-hydrogen) atoms. The lowest BCUT2D eigenvalue weighted by molar-refractivity contribution is 0.208. The van der Waals surface area contributed by atoms with Gasteiger partial charge in [-0.25, -0.2) is 4.98 Å². The fourth-order valence-electron chi connectivity index (χ4n) is 3.04. The van der Waals surface area contributed by atoms with Gasteiger partial charge in [-0.1, -0.05) is 5.16 Å². The van der Waals surface area contributed by atoms with Crippen LogP contribution in [0.3, 0.4) is 0 Å². The lowest BCUT2D eigenvalue weighted by Gasteiger charge is -2.22. The molecule has 0 spiro atoms. The molecular formula is C15H22N4O. The first-order chi connectivity index (χ1) is 9.74. The van der Waals surface area contributed by atoms with Crippen LogP contribution in [0, 0.1) is 13.8 Å². The molecule has 5 nitrogen and oxygen atoms in total. The molecule has 1 aliphatic heterocycles. The highest BCUT2D eigenvalue weighted by atomic mass is 16.5. The molecule has 0 radical (unpaired) electrons. The third-order valence-corrected chi connectivity index (χ3v) is 4.11. The highest BCUT2D eigenvalue weighted by molar-refractivity contribution is 5.09. The molecule has 1 fully saturated rings. The largest absolute Gasteiger partial charge is 0.359 e. The molecule has 0 N–H and O–H groups in total. The predicted octanol–water partition coefficient (Wildman–Crippen LogP) is 2.72. The molecule has 1 atom stereocenters. The van der Waals surface area contributed by atoms with Gasteiger partial charge in [-0.15, -0.1) is 0 Å². The number of hydrogen-bond acceptors (Lipinski definition) is 4. The zero-order valence-corrected chi connectivity index (χ0v) is 12.2. The Hall–Kier alpha value is -1.62. The van der Waals surface area contributed by atoms with E-state index in [1.54, 1.807) is 0 Å². The molecule has 0 saturated carbocycles. The molecule has 1 aliphatic rings. The molecule has 0 amide bonds. The van der Waals surface area contributed by atoms with Gasteiger partial charge in [0, 0.05) is 31.5 Å². The van der Waals surface area contributed by atoms with Crippen molar-refractivity contribution in [2.75, 3.05) is 13.1 Å². The van der Waals surface area contributed by atoms with Gasteiger partial charge in [-0.3, -0.25) is 4.90 Å². The lowest BCUT2D eigenvalue weighted by atomic mass is 10.1. The third kappa shape index (κ3) is 2.77. The maximum absolute atomic E-state index is 5.44.